The highest BCUT2D eigenvalue weighted by molar-refractivity contribution is 6.00. The van der Waals surface area contributed by atoms with Crippen LogP contribution in [0.5, 0.6) is 0 Å². The number of aryl methyl sites for hydroxylation is 2. The average molecular weight is 976 g/mol. The Morgan fingerprint density at radius 1 is 0.800 bits per heavy atom. The molecule has 1 saturated carbocycles. The fraction of sp³-hybridized carbons (Fsp3) is 0.460. The molecule has 2 saturated heterocycles. The fourth-order valence-electron chi connectivity index (χ4n) is 9.97. The highest BCUT2D eigenvalue weighted by Crippen LogP contribution is 2.40. The van der Waals surface area contributed by atoms with Crippen LogP contribution < -0.4 is 16.3 Å². The largest absolute Gasteiger partial charge is 0.416 e. The predicted molar refractivity (Wildman–Crippen MR) is 250 cm³/mol. The van der Waals surface area contributed by atoms with Crippen molar-refractivity contribution in [3.05, 3.63) is 106 Å². The van der Waals surface area contributed by atoms with Crippen molar-refractivity contribution in [2.75, 3.05) is 51.3 Å². The van der Waals surface area contributed by atoms with Crippen LogP contribution >= 0.6 is 0 Å². The van der Waals surface area contributed by atoms with Gasteiger partial charge >= 0.3 is 18.0 Å². The summed E-state index contributed by atoms with van der Waals surface area (Å²) in [7, 11) is 1.69. The molecule has 2 aliphatic heterocycles. The second-order valence-electron chi connectivity index (χ2n) is 18.6. The Balaban J connectivity index is 0.755. The number of fused-ring (bicyclic) bond motifs is 2. The number of hydrogen-bond acceptors (Lipinski definition) is 10. The number of imide groups is 1. The quantitative estimate of drug-likeness (QED) is 0.0523. The third kappa shape index (κ3) is 10.9. The second-order valence-corrected chi connectivity index (χ2v) is 18.6. The summed E-state index contributed by atoms with van der Waals surface area (Å²) in [6.45, 7) is 6.73. The number of imidazole rings is 1. The highest BCUT2D eigenvalue weighted by Gasteiger charge is 2.37. The highest BCUT2D eigenvalue weighted by atomic mass is 19.4. The van der Waals surface area contributed by atoms with Gasteiger partial charge in [0, 0.05) is 101 Å². The molecular weight excluding hydrogens is 921 g/mol. The number of rotatable bonds is 15. The predicted octanol–water partition coefficient (Wildman–Crippen LogP) is 8.14. The van der Waals surface area contributed by atoms with E-state index in [-0.39, 0.29) is 36.1 Å². The first-order valence-electron chi connectivity index (χ1n) is 23.8. The lowest BCUT2D eigenvalue weighted by Crippen LogP contribution is -2.46. The SMILES string of the molecule is Cn1c(=O)n(C2CCC(=O)NC2=O)c2ccc(CCCOCCCN3CCN(Cc4ccc(-c5cn(C6CCC(O)CC6)c6nc(Nc7cc(C(F)(F)F)cc(C(F)(F)F)c7)ncc56)cc4)CC3)cc21. The number of hydrogen-bond donors (Lipinski definition) is 3. The molecule has 3 fully saturated rings. The van der Waals surface area contributed by atoms with Crippen molar-refractivity contribution in [3.8, 4) is 11.1 Å². The molecule has 372 valence electrons. The van der Waals surface area contributed by atoms with Gasteiger partial charge < -0.3 is 24.6 Å². The van der Waals surface area contributed by atoms with E-state index in [1.54, 1.807) is 11.6 Å². The summed E-state index contributed by atoms with van der Waals surface area (Å²) in [5, 5.41) is 15.8. The molecule has 70 heavy (non-hydrogen) atoms. The van der Waals surface area contributed by atoms with E-state index >= 15 is 0 Å². The molecule has 1 unspecified atom stereocenters. The zero-order valence-electron chi connectivity index (χ0n) is 38.7. The Hall–Kier alpha value is -6.09. The van der Waals surface area contributed by atoms with E-state index in [4.69, 9.17) is 4.74 Å². The summed E-state index contributed by atoms with van der Waals surface area (Å²) >= 11 is 0. The zero-order chi connectivity index (χ0) is 49.3. The molecule has 0 spiro atoms. The number of aliphatic hydroxyl groups excluding tert-OH is 1. The van der Waals surface area contributed by atoms with Gasteiger partial charge in [0.05, 0.1) is 28.3 Å². The number of nitrogens with one attached hydrogen (secondary N) is 2. The van der Waals surface area contributed by atoms with Gasteiger partial charge in [-0.15, -0.1) is 0 Å². The molecule has 0 radical (unpaired) electrons. The maximum Gasteiger partial charge on any atom is 0.416 e. The monoisotopic (exact) mass is 975 g/mol. The molecule has 1 aliphatic carbocycles. The van der Waals surface area contributed by atoms with Crippen molar-refractivity contribution in [2.45, 2.75) is 94.9 Å². The number of carbonyl (C=O) groups is 2. The van der Waals surface area contributed by atoms with Crippen LogP contribution in [0.1, 0.15) is 85.7 Å². The first-order valence-corrected chi connectivity index (χ1v) is 23.8. The molecule has 3 N–H and O–H groups in total. The molecule has 2 amide bonds. The number of piperazine rings is 1. The van der Waals surface area contributed by atoms with Crippen LogP contribution in [0.3, 0.4) is 0 Å². The zero-order valence-corrected chi connectivity index (χ0v) is 38.7. The standard InChI is InChI=1S/C50H55F6N9O5/c1-61-43-24-31(7-14-41(43)65(48(61)69)42-15-16-44(67)59-46(42)68)4-2-22-70-23-3-17-62-18-20-63(21-19-62)29-32-5-8-33(9-6-32)40-30-64(37-10-12-38(66)13-11-37)45-39(40)28-57-47(60-45)58-36-26-34(49(51,52)53)25-35(27-36)50(54,55)56/h5-9,14,24-28,30,37-38,42,66H,2-4,10-13,15-23,29H2,1H3,(H,57,58,60)(H,59,67,68). The molecule has 20 heteroatoms. The molecule has 3 aromatic heterocycles. The van der Waals surface area contributed by atoms with E-state index in [1.807, 2.05) is 41.1 Å². The van der Waals surface area contributed by atoms with Crippen molar-refractivity contribution < 1.29 is 45.8 Å². The smallest absolute Gasteiger partial charge is 0.393 e. The van der Waals surface area contributed by atoms with Crippen molar-refractivity contribution in [1.82, 2.24) is 38.8 Å². The summed E-state index contributed by atoms with van der Waals surface area (Å²) in [5.41, 5.74) is 2.23. The molecule has 3 aliphatic rings. The molecule has 14 nitrogen and oxygen atoms in total. The van der Waals surface area contributed by atoms with Crippen LogP contribution in [0, 0.1) is 0 Å². The van der Waals surface area contributed by atoms with Crippen LogP contribution in [0.15, 0.2) is 77.9 Å². The number of alkyl halides is 6. The van der Waals surface area contributed by atoms with Gasteiger partial charge in [0.25, 0.3) is 0 Å². The summed E-state index contributed by atoms with van der Waals surface area (Å²) in [5.74, 6) is -0.923. The van der Waals surface area contributed by atoms with Gasteiger partial charge in [0.15, 0.2) is 0 Å². The van der Waals surface area contributed by atoms with E-state index < -0.39 is 47.2 Å². The van der Waals surface area contributed by atoms with E-state index in [9.17, 15) is 45.8 Å². The number of aliphatic hydroxyl groups is 1. The normalized spacial score (nSPS) is 19.9. The number of halogens is 6. The van der Waals surface area contributed by atoms with Gasteiger partial charge in [-0.1, -0.05) is 30.3 Å². The Bertz CT molecular complexity index is 2880. The summed E-state index contributed by atoms with van der Waals surface area (Å²) in [4.78, 5) is 51.1. The van der Waals surface area contributed by atoms with Crippen LogP contribution in [0.4, 0.5) is 38.0 Å². The molecule has 1 atom stereocenters. The minimum absolute atomic E-state index is 0.0336. The van der Waals surface area contributed by atoms with Crippen LogP contribution in [0.2, 0.25) is 0 Å². The van der Waals surface area contributed by atoms with Crippen molar-refractivity contribution in [2.24, 2.45) is 7.05 Å². The van der Waals surface area contributed by atoms with Crippen molar-refractivity contribution in [1.29, 1.82) is 0 Å². The molecular formula is C50H55F6N9O5. The summed E-state index contributed by atoms with van der Waals surface area (Å²) in [6, 6.07) is 14.6. The fourth-order valence-corrected chi connectivity index (χ4v) is 9.97. The number of ether oxygens (including phenoxy) is 1. The van der Waals surface area contributed by atoms with Gasteiger partial charge in [-0.05, 0) is 98.4 Å². The van der Waals surface area contributed by atoms with Crippen LogP contribution in [-0.2, 0) is 46.7 Å². The number of amides is 2. The molecule has 3 aromatic carbocycles. The van der Waals surface area contributed by atoms with Gasteiger partial charge in [-0.3, -0.25) is 28.9 Å². The van der Waals surface area contributed by atoms with Crippen LogP contribution in [-0.4, -0.2) is 102 Å². The third-order valence-electron chi connectivity index (χ3n) is 13.8. The molecule has 0 bridgehead atoms. The minimum atomic E-state index is -5.00. The van der Waals surface area contributed by atoms with E-state index in [0.29, 0.717) is 74.0 Å². The summed E-state index contributed by atoms with van der Waals surface area (Å²) < 4.78 is 92.6. The molecule has 5 heterocycles. The number of aromatic nitrogens is 5. The van der Waals surface area contributed by atoms with Gasteiger partial charge in [-0.2, -0.15) is 31.3 Å². The lowest BCUT2D eigenvalue weighted by molar-refractivity contribution is -0.143. The first kappa shape index (κ1) is 48.9. The second kappa shape index (κ2) is 20.3. The van der Waals surface area contributed by atoms with E-state index in [1.165, 1.54) is 10.8 Å². The number of benzene rings is 3. The number of anilines is 2. The Morgan fingerprint density at radius 2 is 1.47 bits per heavy atom. The lowest BCUT2D eigenvalue weighted by atomic mass is 9.93. The third-order valence-corrected chi connectivity index (χ3v) is 13.8. The lowest BCUT2D eigenvalue weighted by Gasteiger charge is -2.34. The minimum Gasteiger partial charge on any atom is -0.393 e. The Morgan fingerprint density at radius 3 is 2.16 bits per heavy atom. The average Bonchev–Trinajstić information content (AvgIpc) is 3.82. The maximum atomic E-state index is 13.6. The Labute approximate surface area is 399 Å². The number of nitrogens with zero attached hydrogens (tertiary/aromatic N) is 7. The van der Waals surface area contributed by atoms with Gasteiger partial charge in [0.2, 0.25) is 17.8 Å². The number of piperidine rings is 1. The van der Waals surface area contributed by atoms with Crippen LogP contribution in [0.25, 0.3) is 33.2 Å². The van der Waals surface area contributed by atoms with Crippen molar-refractivity contribution in [3.63, 3.8) is 0 Å². The van der Waals surface area contributed by atoms with E-state index in [2.05, 4.69) is 42.5 Å². The van der Waals surface area contributed by atoms with Gasteiger partial charge in [-0.25, -0.2) is 9.78 Å². The Kier molecular flexibility index (Phi) is 14.2. The van der Waals surface area contributed by atoms with Gasteiger partial charge in [0.1, 0.15) is 11.7 Å². The topological polar surface area (TPSA) is 152 Å². The maximum absolute atomic E-state index is 13.6. The number of carbonyl (C=O) groups excluding carboxylic acids is 2. The van der Waals surface area contributed by atoms with Crippen molar-refractivity contribution >= 4 is 45.5 Å². The van der Waals surface area contributed by atoms with E-state index in [0.717, 1.165) is 86.3 Å². The first-order chi connectivity index (χ1) is 33.5. The summed E-state index contributed by atoms with van der Waals surface area (Å²) in [6.07, 6.45) is -1.41. The molecule has 6 aromatic rings. The molecule has 9 rings (SSSR count).